The Labute approximate surface area is 153 Å². The number of fused-ring (bicyclic) bond motifs is 2. The van der Waals surface area contributed by atoms with Crippen molar-refractivity contribution in [2.24, 2.45) is 5.73 Å². The van der Waals surface area contributed by atoms with Gasteiger partial charge < -0.3 is 16.0 Å². The number of pyridine rings is 1. The average Bonchev–Trinajstić information content (AvgIpc) is 2.66. The molecule has 4 N–H and O–H groups in total. The lowest BCUT2D eigenvalue weighted by molar-refractivity contribution is -0.123. The van der Waals surface area contributed by atoms with Crippen molar-refractivity contribution in [1.29, 1.82) is 0 Å². The van der Waals surface area contributed by atoms with Gasteiger partial charge in [-0.1, -0.05) is 24.3 Å². The van der Waals surface area contributed by atoms with Gasteiger partial charge in [-0.25, -0.2) is 0 Å². The van der Waals surface area contributed by atoms with E-state index in [9.17, 15) is 9.59 Å². The van der Waals surface area contributed by atoms with Crippen LogP contribution < -0.4 is 16.6 Å². The maximum atomic E-state index is 12.8. The minimum Gasteiger partial charge on any atom is -0.351 e. The number of H-pyrrole nitrogens is 1. The first-order valence-corrected chi connectivity index (χ1v) is 9.49. The molecule has 2 atom stereocenters. The summed E-state index contributed by atoms with van der Waals surface area (Å²) in [5.74, 6) is -0.218. The monoisotopic (exact) mass is 351 g/mol. The fourth-order valence-electron chi connectivity index (χ4n) is 4.26. The summed E-state index contributed by atoms with van der Waals surface area (Å²) in [6.45, 7) is 0.270. The Morgan fingerprint density at radius 2 is 1.92 bits per heavy atom. The van der Waals surface area contributed by atoms with Crippen LogP contribution in [0.25, 0.3) is 0 Å². The Hall–Kier alpha value is -2.40. The van der Waals surface area contributed by atoms with E-state index in [1.54, 1.807) is 0 Å². The standard InChI is InChI=1S/C21H25N3O2/c22-18-10-9-17(15-6-2-3-7-16(15)18)21(26)23-12-14-11-13-5-1-4-8-19(13)24-20(14)25/h2-3,6-7,11,17-18H,1,4-5,8-10,12,22H2,(H,23,26)(H,24,25). The highest BCUT2D eigenvalue weighted by atomic mass is 16.2. The Morgan fingerprint density at radius 3 is 2.77 bits per heavy atom. The summed E-state index contributed by atoms with van der Waals surface area (Å²) < 4.78 is 0. The molecule has 2 aromatic rings. The van der Waals surface area contributed by atoms with Crippen LogP contribution in [0.3, 0.4) is 0 Å². The normalized spacial score (nSPS) is 21.6. The summed E-state index contributed by atoms with van der Waals surface area (Å²) >= 11 is 0. The number of nitrogens with two attached hydrogens (primary N) is 1. The van der Waals surface area contributed by atoms with Crippen molar-refractivity contribution in [3.05, 3.63) is 68.6 Å². The van der Waals surface area contributed by atoms with Crippen molar-refractivity contribution in [3.8, 4) is 0 Å². The van der Waals surface area contributed by atoms with Gasteiger partial charge in [0.05, 0.1) is 5.92 Å². The summed E-state index contributed by atoms with van der Waals surface area (Å²) in [7, 11) is 0. The van der Waals surface area contributed by atoms with Gasteiger partial charge in [-0.15, -0.1) is 0 Å². The van der Waals surface area contributed by atoms with Gasteiger partial charge in [-0.2, -0.15) is 0 Å². The first kappa shape index (κ1) is 17.0. The van der Waals surface area contributed by atoms with E-state index in [1.807, 2.05) is 30.3 Å². The molecule has 2 unspecified atom stereocenters. The van der Waals surface area contributed by atoms with Gasteiger partial charge in [0.1, 0.15) is 0 Å². The number of benzene rings is 1. The fraction of sp³-hybridized carbons (Fsp3) is 0.429. The molecule has 1 amide bonds. The minimum atomic E-state index is -0.192. The number of hydrogen-bond donors (Lipinski definition) is 3. The fourth-order valence-corrected chi connectivity index (χ4v) is 4.26. The minimum absolute atomic E-state index is 0.00117. The van der Waals surface area contributed by atoms with Crippen LogP contribution in [0.15, 0.2) is 35.1 Å². The first-order valence-electron chi connectivity index (χ1n) is 9.49. The molecule has 0 fully saturated rings. The van der Waals surface area contributed by atoms with Gasteiger partial charge in [-0.3, -0.25) is 9.59 Å². The van der Waals surface area contributed by atoms with E-state index in [1.165, 1.54) is 5.56 Å². The van der Waals surface area contributed by atoms with Gasteiger partial charge in [0.15, 0.2) is 0 Å². The average molecular weight is 351 g/mol. The molecule has 0 saturated carbocycles. The molecule has 4 rings (SSSR count). The van der Waals surface area contributed by atoms with Gasteiger partial charge in [-0.05, 0) is 61.3 Å². The molecule has 2 aliphatic carbocycles. The highest BCUT2D eigenvalue weighted by molar-refractivity contribution is 5.84. The molecule has 0 saturated heterocycles. The topological polar surface area (TPSA) is 88.0 Å². The quantitative estimate of drug-likeness (QED) is 0.794. The SMILES string of the molecule is NC1CCC(C(=O)NCc2cc3c([nH]c2=O)CCCC3)c2ccccc21. The lowest BCUT2D eigenvalue weighted by Gasteiger charge is -2.28. The lowest BCUT2D eigenvalue weighted by Crippen LogP contribution is -2.34. The number of carbonyl (C=O) groups is 1. The molecule has 1 aromatic carbocycles. The van der Waals surface area contributed by atoms with E-state index >= 15 is 0 Å². The van der Waals surface area contributed by atoms with Crippen LogP contribution in [0.2, 0.25) is 0 Å². The van der Waals surface area contributed by atoms with Gasteiger partial charge in [0.25, 0.3) is 5.56 Å². The molecule has 1 heterocycles. The van der Waals surface area contributed by atoms with Crippen LogP contribution in [0.4, 0.5) is 0 Å². The van der Waals surface area contributed by atoms with Crippen molar-refractivity contribution in [3.63, 3.8) is 0 Å². The zero-order valence-corrected chi connectivity index (χ0v) is 14.9. The van der Waals surface area contributed by atoms with Crippen LogP contribution in [0.5, 0.6) is 0 Å². The molecular weight excluding hydrogens is 326 g/mol. The maximum Gasteiger partial charge on any atom is 0.253 e. The number of aryl methyl sites for hydroxylation is 2. The lowest BCUT2D eigenvalue weighted by atomic mass is 9.80. The van der Waals surface area contributed by atoms with Crippen molar-refractivity contribution in [2.45, 2.75) is 57.0 Å². The molecule has 0 spiro atoms. The van der Waals surface area contributed by atoms with Crippen LogP contribution in [0.1, 0.15) is 65.6 Å². The van der Waals surface area contributed by atoms with Crippen LogP contribution >= 0.6 is 0 Å². The van der Waals surface area contributed by atoms with Gasteiger partial charge in [0, 0.05) is 23.8 Å². The number of amides is 1. The zero-order valence-electron chi connectivity index (χ0n) is 14.9. The molecule has 2 aliphatic rings. The second-order valence-electron chi connectivity index (χ2n) is 7.42. The van der Waals surface area contributed by atoms with Crippen molar-refractivity contribution < 1.29 is 4.79 Å². The van der Waals surface area contributed by atoms with Gasteiger partial charge >= 0.3 is 0 Å². The molecule has 0 bridgehead atoms. The summed E-state index contributed by atoms with van der Waals surface area (Å²) in [4.78, 5) is 28.1. The predicted molar refractivity (Wildman–Crippen MR) is 101 cm³/mol. The van der Waals surface area contributed by atoms with Crippen molar-refractivity contribution in [1.82, 2.24) is 10.3 Å². The smallest absolute Gasteiger partial charge is 0.253 e. The molecule has 5 heteroatoms. The highest BCUT2D eigenvalue weighted by Crippen LogP contribution is 2.36. The van der Waals surface area contributed by atoms with Crippen LogP contribution in [0, 0.1) is 0 Å². The second-order valence-corrected chi connectivity index (χ2v) is 7.42. The number of carbonyl (C=O) groups excluding carboxylic acids is 1. The molecule has 0 radical (unpaired) electrons. The van der Waals surface area contributed by atoms with E-state index < -0.39 is 0 Å². The number of aromatic nitrogens is 1. The molecule has 136 valence electrons. The van der Waals surface area contributed by atoms with E-state index in [4.69, 9.17) is 5.73 Å². The third-order valence-electron chi connectivity index (χ3n) is 5.72. The Bertz CT molecular complexity index is 887. The number of rotatable bonds is 3. The Morgan fingerprint density at radius 1 is 1.15 bits per heavy atom. The maximum absolute atomic E-state index is 12.8. The first-order chi connectivity index (χ1) is 12.6. The van der Waals surface area contributed by atoms with Crippen molar-refractivity contribution in [2.75, 3.05) is 0 Å². The van der Waals surface area contributed by atoms with Crippen LogP contribution in [-0.2, 0) is 24.2 Å². The second kappa shape index (κ2) is 7.08. The Balaban J connectivity index is 1.50. The highest BCUT2D eigenvalue weighted by Gasteiger charge is 2.29. The number of hydrogen-bond acceptors (Lipinski definition) is 3. The molecule has 1 aromatic heterocycles. The summed E-state index contributed by atoms with van der Waals surface area (Å²) in [6, 6.07) is 9.88. The number of aromatic amines is 1. The van der Waals surface area contributed by atoms with Gasteiger partial charge in [0.2, 0.25) is 5.91 Å². The summed E-state index contributed by atoms with van der Waals surface area (Å²) in [6.07, 6.45) is 5.77. The molecule has 0 aliphatic heterocycles. The van der Waals surface area contributed by atoms with E-state index in [0.717, 1.165) is 55.3 Å². The summed E-state index contributed by atoms with van der Waals surface area (Å²) in [5, 5.41) is 2.97. The number of nitrogens with one attached hydrogen (secondary N) is 2. The third kappa shape index (κ3) is 3.19. The van der Waals surface area contributed by atoms with E-state index in [0.29, 0.717) is 5.56 Å². The van der Waals surface area contributed by atoms with Crippen molar-refractivity contribution >= 4 is 5.91 Å². The largest absolute Gasteiger partial charge is 0.351 e. The van der Waals surface area contributed by atoms with Crippen LogP contribution in [-0.4, -0.2) is 10.9 Å². The van der Waals surface area contributed by atoms with E-state index in [2.05, 4.69) is 10.3 Å². The summed E-state index contributed by atoms with van der Waals surface area (Å²) in [5.41, 5.74) is 11.1. The molecule has 5 nitrogen and oxygen atoms in total. The Kier molecular flexibility index (Phi) is 4.64. The molecular formula is C21H25N3O2. The zero-order chi connectivity index (χ0) is 18.1. The van der Waals surface area contributed by atoms with E-state index in [-0.39, 0.29) is 30.0 Å². The third-order valence-corrected chi connectivity index (χ3v) is 5.72. The predicted octanol–water partition coefficient (Wildman–Crippen LogP) is 2.45. The molecule has 26 heavy (non-hydrogen) atoms.